The van der Waals surface area contributed by atoms with Crippen molar-refractivity contribution in [1.82, 2.24) is 0 Å². The Morgan fingerprint density at radius 1 is 1.44 bits per heavy atom. The Labute approximate surface area is 109 Å². The largest absolute Gasteiger partial charge is 0.573 e. The van der Waals surface area contributed by atoms with E-state index < -0.39 is 18.2 Å². The first-order valence-electron chi connectivity index (χ1n) is 4.81. The Morgan fingerprint density at radius 2 is 2.11 bits per heavy atom. The molecular formula is C10H9BrF3NO3. The van der Waals surface area contributed by atoms with Gasteiger partial charge in [0, 0.05) is 5.69 Å². The molecule has 100 valence electrons. The van der Waals surface area contributed by atoms with Crippen molar-refractivity contribution in [2.45, 2.75) is 13.3 Å². The molecular weight excluding hydrogens is 319 g/mol. The molecule has 0 aliphatic rings. The molecule has 8 heteroatoms. The molecule has 18 heavy (non-hydrogen) atoms. The number of ether oxygens (including phenoxy) is 2. The Balaban J connectivity index is 2.76. The standard InChI is InChI=1S/C10H9BrF3NO3/c1-2-17-9(16)15-6-3-4-8(7(11)5-6)18-10(12,13)14/h3-5H,2H2,1H3,(H,15,16). The summed E-state index contributed by atoms with van der Waals surface area (Å²) in [7, 11) is 0. The van der Waals surface area contributed by atoms with Crippen molar-refractivity contribution in [2.75, 3.05) is 11.9 Å². The maximum absolute atomic E-state index is 12.0. The van der Waals surface area contributed by atoms with Crippen molar-refractivity contribution in [3.8, 4) is 5.75 Å². The van der Waals surface area contributed by atoms with Gasteiger partial charge in [0.15, 0.2) is 0 Å². The number of carbonyl (C=O) groups is 1. The minimum Gasteiger partial charge on any atom is -0.450 e. The summed E-state index contributed by atoms with van der Waals surface area (Å²) >= 11 is 2.91. The lowest BCUT2D eigenvalue weighted by atomic mass is 10.3. The molecule has 0 fully saturated rings. The van der Waals surface area contributed by atoms with Gasteiger partial charge in [-0.2, -0.15) is 0 Å². The van der Waals surface area contributed by atoms with Crippen LogP contribution in [0.2, 0.25) is 0 Å². The zero-order chi connectivity index (χ0) is 13.8. The van der Waals surface area contributed by atoms with E-state index in [9.17, 15) is 18.0 Å². The maximum Gasteiger partial charge on any atom is 0.573 e. The van der Waals surface area contributed by atoms with Gasteiger partial charge in [-0.1, -0.05) is 0 Å². The number of hydrogen-bond donors (Lipinski definition) is 1. The van der Waals surface area contributed by atoms with Gasteiger partial charge in [0.2, 0.25) is 0 Å². The van der Waals surface area contributed by atoms with E-state index in [1.165, 1.54) is 12.1 Å². The van der Waals surface area contributed by atoms with Crippen LogP contribution in [-0.4, -0.2) is 19.1 Å². The topological polar surface area (TPSA) is 47.6 Å². The Bertz CT molecular complexity index is 437. The molecule has 0 saturated heterocycles. The number of benzene rings is 1. The fraction of sp³-hybridized carbons (Fsp3) is 0.300. The molecule has 1 aromatic rings. The van der Waals surface area contributed by atoms with Crippen molar-refractivity contribution in [2.24, 2.45) is 0 Å². The molecule has 0 aliphatic carbocycles. The summed E-state index contributed by atoms with van der Waals surface area (Å²) in [5, 5.41) is 2.35. The quantitative estimate of drug-likeness (QED) is 0.915. The first kappa shape index (κ1) is 14.6. The Hall–Kier alpha value is -1.44. The average Bonchev–Trinajstić information content (AvgIpc) is 2.21. The van der Waals surface area contributed by atoms with E-state index in [-0.39, 0.29) is 16.8 Å². The highest BCUT2D eigenvalue weighted by atomic mass is 79.9. The van der Waals surface area contributed by atoms with Gasteiger partial charge < -0.3 is 9.47 Å². The molecule has 1 N–H and O–H groups in total. The summed E-state index contributed by atoms with van der Waals surface area (Å²) in [5.41, 5.74) is 0.287. The van der Waals surface area contributed by atoms with E-state index in [0.717, 1.165) is 6.07 Å². The predicted octanol–water partition coefficient (Wildman–Crippen LogP) is 3.92. The molecule has 1 rings (SSSR count). The lowest BCUT2D eigenvalue weighted by Gasteiger charge is -2.12. The number of carbonyl (C=O) groups excluding carboxylic acids is 1. The Kier molecular flexibility index (Phi) is 4.83. The van der Waals surface area contributed by atoms with Crippen LogP contribution in [0.5, 0.6) is 5.75 Å². The van der Waals surface area contributed by atoms with Crippen LogP contribution in [0.1, 0.15) is 6.92 Å². The molecule has 1 aromatic carbocycles. The van der Waals surface area contributed by atoms with Crippen LogP contribution in [0, 0.1) is 0 Å². The van der Waals surface area contributed by atoms with Crippen LogP contribution in [0.25, 0.3) is 0 Å². The minimum atomic E-state index is -4.77. The van der Waals surface area contributed by atoms with Crippen molar-refractivity contribution >= 4 is 27.7 Å². The van der Waals surface area contributed by atoms with E-state index >= 15 is 0 Å². The van der Waals surface area contributed by atoms with E-state index in [1.54, 1.807) is 6.92 Å². The third-order valence-corrected chi connectivity index (χ3v) is 2.30. The molecule has 0 saturated carbocycles. The normalized spacial score (nSPS) is 10.9. The van der Waals surface area contributed by atoms with Crippen molar-refractivity contribution in [3.63, 3.8) is 0 Å². The predicted molar refractivity (Wildman–Crippen MR) is 61.5 cm³/mol. The van der Waals surface area contributed by atoms with Gasteiger partial charge in [-0.3, -0.25) is 5.32 Å². The second-order valence-electron chi connectivity index (χ2n) is 3.04. The second kappa shape index (κ2) is 5.94. The van der Waals surface area contributed by atoms with Crippen LogP contribution in [0.3, 0.4) is 0 Å². The van der Waals surface area contributed by atoms with Crippen molar-refractivity contribution < 1.29 is 27.4 Å². The molecule has 0 aliphatic heterocycles. The third-order valence-electron chi connectivity index (χ3n) is 1.68. The van der Waals surface area contributed by atoms with Crippen LogP contribution in [0.4, 0.5) is 23.7 Å². The highest BCUT2D eigenvalue weighted by Crippen LogP contribution is 2.32. The van der Waals surface area contributed by atoms with Gasteiger partial charge in [-0.15, -0.1) is 13.2 Å². The summed E-state index contributed by atoms with van der Waals surface area (Å²) in [6, 6.07) is 3.62. The van der Waals surface area contributed by atoms with Crippen LogP contribution in [-0.2, 0) is 4.74 Å². The van der Waals surface area contributed by atoms with E-state index in [4.69, 9.17) is 0 Å². The smallest absolute Gasteiger partial charge is 0.450 e. The number of halogens is 4. The van der Waals surface area contributed by atoms with Crippen molar-refractivity contribution in [1.29, 1.82) is 0 Å². The monoisotopic (exact) mass is 327 g/mol. The molecule has 0 heterocycles. The van der Waals surface area contributed by atoms with Gasteiger partial charge in [0.05, 0.1) is 11.1 Å². The molecule has 0 bridgehead atoms. The van der Waals surface area contributed by atoms with E-state index in [1.807, 2.05) is 0 Å². The second-order valence-corrected chi connectivity index (χ2v) is 3.89. The summed E-state index contributed by atoms with van der Waals surface area (Å²) in [6.07, 6.45) is -5.45. The molecule has 0 spiro atoms. The summed E-state index contributed by atoms with van der Waals surface area (Å²) in [5.74, 6) is -0.392. The van der Waals surface area contributed by atoms with Gasteiger partial charge in [0.25, 0.3) is 0 Å². The van der Waals surface area contributed by atoms with Crippen LogP contribution in [0.15, 0.2) is 22.7 Å². The average molecular weight is 328 g/mol. The van der Waals surface area contributed by atoms with Crippen LogP contribution < -0.4 is 10.1 Å². The van der Waals surface area contributed by atoms with Gasteiger partial charge in [-0.05, 0) is 41.1 Å². The molecule has 0 unspecified atom stereocenters. The fourth-order valence-electron chi connectivity index (χ4n) is 1.07. The highest BCUT2D eigenvalue weighted by Gasteiger charge is 2.31. The summed E-state index contributed by atoms with van der Waals surface area (Å²) in [6.45, 7) is 1.83. The number of anilines is 1. The Morgan fingerprint density at radius 3 is 2.61 bits per heavy atom. The van der Waals surface area contributed by atoms with Gasteiger partial charge in [-0.25, -0.2) is 4.79 Å². The van der Waals surface area contributed by atoms with E-state index in [2.05, 4.69) is 30.7 Å². The zero-order valence-corrected chi connectivity index (χ0v) is 10.8. The first-order chi connectivity index (χ1) is 8.31. The number of rotatable bonds is 3. The summed E-state index contributed by atoms with van der Waals surface area (Å²) < 4.78 is 44.4. The summed E-state index contributed by atoms with van der Waals surface area (Å²) in [4.78, 5) is 11.1. The van der Waals surface area contributed by atoms with Gasteiger partial charge in [0.1, 0.15) is 5.75 Å². The van der Waals surface area contributed by atoms with Gasteiger partial charge >= 0.3 is 12.5 Å². The third kappa shape index (κ3) is 4.82. The van der Waals surface area contributed by atoms with Crippen molar-refractivity contribution in [3.05, 3.63) is 22.7 Å². The number of hydrogen-bond acceptors (Lipinski definition) is 3. The van der Waals surface area contributed by atoms with E-state index in [0.29, 0.717) is 0 Å². The number of nitrogens with one attached hydrogen (secondary N) is 1. The lowest BCUT2D eigenvalue weighted by Crippen LogP contribution is -2.17. The molecule has 0 radical (unpaired) electrons. The zero-order valence-electron chi connectivity index (χ0n) is 9.18. The lowest BCUT2D eigenvalue weighted by molar-refractivity contribution is -0.274. The molecule has 0 atom stereocenters. The molecule has 1 amide bonds. The molecule has 4 nitrogen and oxygen atoms in total. The maximum atomic E-state index is 12.0. The first-order valence-corrected chi connectivity index (χ1v) is 5.60. The SMILES string of the molecule is CCOC(=O)Nc1ccc(OC(F)(F)F)c(Br)c1. The number of alkyl halides is 3. The molecule has 0 aromatic heterocycles. The van der Waals surface area contributed by atoms with Crippen LogP contribution >= 0.6 is 15.9 Å². The highest BCUT2D eigenvalue weighted by molar-refractivity contribution is 9.10. The number of amides is 1. The fourth-order valence-corrected chi connectivity index (χ4v) is 1.53. The minimum absolute atomic E-state index is 0.0640.